The largest absolute Gasteiger partial charge is 0.444 e. The van der Waals surface area contributed by atoms with Gasteiger partial charge in [0.25, 0.3) is 5.56 Å². The quantitative estimate of drug-likeness (QED) is 0.655. The highest BCUT2D eigenvalue weighted by atomic mass is 19.4. The number of rotatable bonds is 3. The Labute approximate surface area is 175 Å². The molecule has 0 saturated heterocycles. The first-order chi connectivity index (χ1) is 14.4. The van der Waals surface area contributed by atoms with Crippen molar-refractivity contribution >= 4 is 22.7 Å². The fourth-order valence-corrected chi connectivity index (χ4v) is 3.03. The number of amides is 1. The third-order valence-corrected chi connectivity index (χ3v) is 4.36. The summed E-state index contributed by atoms with van der Waals surface area (Å²) in [5, 5.41) is 10.4. The van der Waals surface area contributed by atoms with Crippen LogP contribution >= 0.6 is 0 Å². The Bertz CT molecular complexity index is 1200. The summed E-state index contributed by atoms with van der Waals surface area (Å²) < 4.78 is 46.0. The molecule has 0 bridgehead atoms. The van der Waals surface area contributed by atoms with Gasteiger partial charge in [-0.2, -0.15) is 13.2 Å². The van der Waals surface area contributed by atoms with E-state index in [9.17, 15) is 22.8 Å². The molecule has 1 amide bonds. The van der Waals surface area contributed by atoms with Gasteiger partial charge in [0.15, 0.2) is 0 Å². The Morgan fingerprint density at radius 3 is 2.45 bits per heavy atom. The van der Waals surface area contributed by atoms with Crippen molar-refractivity contribution in [2.24, 2.45) is 0 Å². The molecule has 3 rings (SSSR count). The summed E-state index contributed by atoms with van der Waals surface area (Å²) in [6, 6.07) is 8.09. The van der Waals surface area contributed by atoms with Crippen LogP contribution in [0.2, 0.25) is 0 Å². The Morgan fingerprint density at radius 2 is 1.81 bits per heavy atom. The smallest absolute Gasteiger partial charge is 0.416 e. The monoisotopic (exact) mass is 434 g/mol. The van der Waals surface area contributed by atoms with E-state index in [1.807, 2.05) is 0 Å². The Balaban J connectivity index is 2.08. The minimum absolute atomic E-state index is 0.0327. The van der Waals surface area contributed by atoms with E-state index in [2.05, 4.69) is 15.6 Å². The van der Waals surface area contributed by atoms with Crippen LogP contribution in [0.4, 0.5) is 23.7 Å². The molecule has 1 aromatic heterocycles. The van der Waals surface area contributed by atoms with E-state index >= 15 is 0 Å². The lowest BCUT2D eigenvalue weighted by atomic mass is 10.1. The first kappa shape index (κ1) is 22.3. The third kappa shape index (κ3) is 5.01. The van der Waals surface area contributed by atoms with Crippen LogP contribution in [0, 0.1) is 6.92 Å². The minimum Gasteiger partial charge on any atom is -0.444 e. The van der Waals surface area contributed by atoms with Crippen LogP contribution < -0.4 is 10.9 Å². The molecule has 31 heavy (non-hydrogen) atoms. The van der Waals surface area contributed by atoms with Gasteiger partial charge >= 0.3 is 12.3 Å². The summed E-state index contributed by atoms with van der Waals surface area (Å²) in [4.78, 5) is 25.3. The van der Waals surface area contributed by atoms with Crippen LogP contribution in [0.5, 0.6) is 0 Å². The molecule has 10 heteroatoms. The molecule has 1 N–H and O–H groups in total. The average Bonchev–Trinajstić information content (AvgIpc) is 2.64. The predicted molar refractivity (Wildman–Crippen MR) is 109 cm³/mol. The number of fused-ring (bicyclic) bond motifs is 1. The van der Waals surface area contributed by atoms with Crippen molar-refractivity contribution in [1.82, 2.24) is 15.0 Å². The molecule has 0 fully saturated rings. The molecular weight excluding hydrogens is 413 g/mol. The Morgan fingerprint density at radius 1 is 1.13 bits per heavy atom. The fourth-order valence-electron chi connectivity index (χ4n) is 3.03. The van der Waals surface area contributed by atoms with Crippen LogP contribution in [0.25, 0.3) is 10.9 Å². The standard InChI is InChI=1S/C21H21F3N4O3/c1-12-9-10-15(25-19(30)31-20(2,3)4)16-17(12)26-27-28(18(16)29)11-13-7-5-6-8-14(13)21(22,23)24/h5-10H,11H2,1-4H3,(H,25,30). The molecule has 164 valence electrons. The van der Waals surface area contributed by atoms with Crippen molar-refractivity contribution in [3.05, 3.63) is 63.4 Å². The van der Waals surface area contributed by atoms with Crippen LogP contribution in [0.1, 0.15) is 37.5 Å². The van der Waals surface area contributed by atoms with Gasteiger partial charge < -0.3 is 4.74 Å². The number of nitrogens with one attached hydrogen (secondary N) is 1. The summed E-state index contributed by atoms with van der Waals surface area (Å²) >= 11 is 0. The van der Waals surface area contributed by atoms with Crippen molar-refractivity contribution in [3.63, 3.8) is 0 Å². The topological polar surface area (TPSA) is 86.1 Å². The van der Waals surface area contributed by atoms with Gasteiger partial charge in [0, 0.05) is 0 Å². The number of carbonyl (C=O) groups is 1. The van der Waals surface area contributed by atoms with Crippen LogP contribution in [0.3, 0.4) is 0 Å². The van der Waals surface area contributed by atoms with Gasteiger partial charge in [0.05, 0.1) is 23.2 Å². The van der Waals surface area contributed by atoms with E-state index in [4.69, 9.17) is 4.74 Å². The number of hydrogen-bond donors (Lipinski definition) is 1. The average molecular weight is 434 g/mol. The number of anilines is 1. The normalized spacial score (nSPS) is 12.1. The van der Waals surface area contributed by atoms with E-state index < -0.39 is 35.5 Å². The second-order valence-electron chi connectivity index (χ2n) is 7.99. The van der Waals surface area contributed by atoms with Crippen LogP contribution in [-0.2, 0) is 17.5 Å². The molecule has 0 aliphatic carbocycles. The number of halogens is 3. The summed E-state index contributed by atoms with van der Waals surface area (Å²) in [6.45, 7) is 6.34. The molecule has 0 radical (unpaired) electrons. The van der Waals surface area contributed by atoms with Crippen LogP contribution in [0.15, 0.2) is 41.2 Å². The molecule has 0 atom stereocenters. The zero-order valence-corrected chi connectivity index (χ0v) is 17.4. The number of hydrogen-bond acceptors (Lipinski definition) is 5. The zero-order valence-electron chi connectivity index (χ0n) is 17.4. The second-order valence-corrected chi connectivity index (χ2v) is 7.99. The lowest BCUT2D eigenvalue weighted by molar-refractivity contribution is -0.138. The van der Waals surface area contributed by atoms with Crippen LogP contribution in [-0.4, -0.2) is 26.7 Å². The third-order valence-electron chi connectivity index (χ3n) is 4.36. The molecule has 0 aliphatic heterocycles. The maximum absolute atomic E-state index is 13.3. The van der Waals surface area contributed by atoms with Crippen molar-refractivity contribution in [1.29, 1.82) is 0 Å². The summed E-state index contributed by atoms with van der Waals surface area (Å²) in [5.41, 5.74) is -1.44. The molecular formula is C21H21F3N4O3. The molecule has 0 saturated carbocycles. The molecule has 2 aromatic carbocycles. The molecule has 0 unspecified atom stereocenters. The van der Waals surface area contributed by atoms with E-state index in [0.29, 0.717) is 5.56 Å². The van der Waals surface area contributed by atoms with Gasteiger partial charge in [-0.1, -0.05) is 29.5 Å². The number of ether oxygens (including phenoxy) is 1. The maximum Gasteiger partial charge on any atom is 0.416 e. The lowest BCUT2D eigenvalue weighted by Crippen LogP contribution is -2.29. The summed E-state index contributed by atoms with van der Waals surface area (Å²) in [5.74, 6) is 0. The molecule has 3 aromatic rings. The Kier molecular flexibility index (Phi) is 5.75. The van der Waals surface area contributed by atoms with Crippen molar-refractivity contribution in [3.8, 4) is 0 Å². The van der Waals surface area contributed by atoms with Crippen molar-refractivity contribution in [2.75, 3.05) is 5.32 Å². The van der Waals surface area contributed by atoms with Gasteiger partial charge in [-0.15, -0.1) is 5.10 Å². The highest BCUT2D eigenvalue weighted by Crippen LogP contribution is 2.32. The van der Waals surface area contributed by atoms with Gasteiger partial charge in [-0.25, -0.2) is 9.48 Å². The molecule has 1 heterocycles. The number of nitrogens with zero attached hydrogens (tertiary/aromatic N) is 3. The second kappa shape index (κ2) is 8.01. The predicted octanol–water partition coefficient (Wildman–Crippen LogP) is 4.51. The number of alkyl halides is 3. The van der Waals surface area contributed by atoms with Crippen molar-refractivity contribution < 1.29 is 22.7 Å². The molecule has 0 spiro atoms. The first-order valence-corrected chi connectivity index (χ1v) is 9.39. The fraction of sp³-hybridized carbons (Fsp3) is 0.333. The van der Waals surface area contributed by atoms with Gasteiger partial charge in [0.1, 0.15) is 11.1 Å². The SMILES string of the molecule is Cc1ccc(NC(=O)OC(C)(C)C)c2c(=O)n(Cc3ccccc3C(F)(F)F)nnc12. The van der Waals surface area contributed by atoms with Gasteiger partial charge in [-0.3, -0.25) is 10.1 Å². The number of benzene rings is 2. The minimum atomic E-state index is -4.58. The summed E-state index contributed by atoms with van der Waals surface area (Å²) in [6.07, 6.45) is -5.35. The molecule has 7 nitrogen and oxygen atoms in total. The van der Waals surface area contributed by atoms with Gasteiger partial charge in [0.2, 0.25) is 0 Å². The van der Waals surface area contributed by atoms with E-state index in [1.165, 1.54) is 24.3 Å². The number of aryl methyl sites for hydroxylation is 1. The van der Waals surface area contributed by atoms with E-state index in [-0.39, 0.29) is 22.2 Å². The summed E-state index contributed by atoms with van der Waals surface area (Å²) in [7, 11) is 0. The number of aromatic nitrogens is 3. The lowest BCUT2D eigenvalue weighted by Gasteiger charge is -2.20. The number of carbonyl (C=O) groups excluding carboxylic acids is 1. The van der Waals surface area contributed by atoms with Gasteiger partial charge in [-0.05, 0) is 51.0 Å². The maximum atomic E-state index is 13.3. The molecule has 0 aliphatic rings. The zero-order chi connectivity index (χ0) is 23.0. The van der Waals surface area contributed by atoms with Crippen molar-refractivity contribution in [2.45, 2.75) is 46.0 Å². The Hall–Kier alpha value is -3.43. The van der Waals surface area contributed by atoms with E-state index in [0.717, 1.165) is 10.7 Å². The highest BCUT2D eigenvalue weighted by molar-refractivity contribution is 5.99. The van der Waals surface area contributed by atoms with E-state index in [1.54, 1.807) is 33.8 Å². The highest BCUT2D eigenvalue weighted by Gasteiger charge is 2.33. The first-order valence-electron chi connectivity index (χ1n) is 9.39.